The van der Waals surface area contributed by atoms with Crippen molar-refractivity contribution in [3.63, 3.8) is 0 Å². The molecular formula is C24H22O8. The van der Waals surface area contributed by atoms with Gasteiger partial charge in [0.05, 0.1) is 25.4 Å². The van der Waals surface area contributed by atoms with E-state index < -0.39 is 36.1 Å². The van der Waals surface area contributed by atoms with Crippen LogP contribution in [0.1, 0.15) is 25.0 Å². The van der Waals surface area contributed by atoms with E-state index in [2.05, 4.69) is 46.3 Å². The summed E-state index contributed by atoms with van der Waals surface area (Å²) in [5.74, 6) is 8.07. The fourth-order valence-corrected chi connectivity index (χ4v) is 2.16. The quantitative estimate of drug-likeness (QED) is 0.286. The van der Waals surface area contributed by atoms with Gasteiger partial charge >= 0.3 is 23.9 Å². The Kier molecular flexibility index (Phi) is 9.98. The first-order valence-electron chi connectivity index (χ1n) is 9.10. The molecule has 0 aliphatic carbocycles. The van der Waals surface area contributed by atoms with Crippen LogP contribution in [0.2, 0.25) is 0 Å². The van der Waals surface area contributed by atoms with Gasteiger partial charge in [0.1, 0.15) is 0 Å². The Morgan fingerprint density at radius 1 is 0.781 bits per heavy atom. The third-order valence-corrected chi connectivity index (χ3v) is 3.65. The average Bonchev–Trinajstić information content (AvgIpc) is 2.77. The van der Waals surface area contributed by atoms with Gasteiger partial charge in [0, 0.05) is 25.0 Å². The molecule has 0 N–H and O–H groups in total. The first kappa shape index (κ1) is 25.7. The van der Waals surface area contributed by atoms with Gasteiger partial charge in [-0.05, 0) is 30.0 Å². The highest BCUT2D eigenvalue weighted by Gasteiger charge is 2.21. The van der Waals surface area contributed by atoms with Crippen LogP contribution in [0, 0.1) is 23.7 Å². The number of benzene rings is 1. The Hall–Kier alpha value is -4.30. The summed E-state index contributed by atoms with van der Waals surface area (Å²) in [5.41, 5.74) is 0.721. The standard InChI is InChI=1S/C24H22O8/c1-15(23(27)29-5)21(31-17(3)25)12-10-19-8-7-9-20(14-19)11-13-22(32-18(4)26)16(2)24(28)30-6/h7-9,14,21-22H,1-2H2,3-6H3. The number of ether oxygens (including phenoxy) is 4. The lowest BCUT2D eigenvalue weighted by molar-refractivity contribution is -0.146. The minimum atomic E-state index is -1.19. The summed E-state index contributed by atoms with van der Waals surface area (Å²) >= 11 is 0. The molecule has 0 amide bonds. The first-order chi connectivity index (χ1) is 15.1. The van der Waals surface area contributed by atoms with E-state index in [1.54, 1.807) is 24.3 Å². The molecule has 1 aromatic rings. The van der Waals surface area contributed by atoms with E-state index in [1.807, 2.05) is 0 Å². The molecule has 0 spiro atoms. The average molecular weight is 438 g/mol. The smallest absolute Gasteiger partial charge is 0.337 e. The molecule has 1 aromatic carbocycles. The zero-order valence-corrected chi connectivity index (χ0v) is 18.1. The predicted octanol–water partition coefficient (Wildman–Crippen LogP) is 1.71. The van der Waals surface area contributed by atoms with E-state index in [1.165, 1.54) is 28.1 Å². The van der Waals surface area contributed by atoms with Crippen LogP contribution < -0.4 is 0 Å². The van der Waals surface area contributed by atoms with Crippen molar-refractivity contribution in [1.29, 1.82) is 0 Å². The van der Waals surface area contributed by atoms with Crippen molar-refractivity contribution in [3.05, 3.63) is 59.7 Å². The van der Waals surface area contributed by atoms with Gasteiger partial charge in [-0.3, -0.25) is 9.59 Å². The molecule has 0 aliphatic heterocycles. The maximum absolute atomic E-state index is 11.7. The largest absolute Gasteiger partial charge is 0.466 e. The number of carbonyl (C=O) groups is 4. The molecule has 0 aliphatic rings. The maximum atomic E-state index is 11.7. The fourth-order valence-electron chi connectivity index (χ4n) is 2.16. The minimum Gasteiger partial charge on any atom is -0.466 e. The summed E-state index contributed by atoms with van der Waals surface area (Å²) in [5, 5.41) is 0. The van der Waals surface area contributed by atoms with Crippen LogP contribution >= 0.6 is 0 Å². The number of methoxy groups -OCH3 is 2. The summed E-state index contributed by atoms with van der Waals surface area (Å²) < 4.78 is 19.2. The third-order valence-electron chi connectivity index (χ3n) is 3.65. The molecule has 8 nitrogen and oxygen atoms in total. The molecule has 2 atom stereocenters. The molecule has 32 heavy (non-hydrogen) atoms. The highest BCUT2D eigenvalue weighted by atomic mass is 16.6. The van der Waals surface area contributed by atoms with Crippen molar-refractivity contribution in [3.8, 4) is 23.7 Å². The van der Waals surface area contributed by atoms with Gasteiger partial charge in [0.15, 0.2) is 12.2 Å². The van der Waals surface area contributed by atoms with Crippen LogP contribution in [0.4, 0.5) is 0 Å². The van der Waals surface area contributed by atoms with Crippen molar-refractivity contribution in [2.75, 3.05) is 14.2 Å². The minimum absolute atomic E-state index is 0.128. The number of hydrogen-bond acceptors (Lipinski definition) is 8. The van der Waals surface area contributed by atoms with Gasteiger partial charge in [-0.25, -0.2) is 9.59 Å². The molecule has 0 radical (unpaired) electrons. The van der Waals surface area contributed by atoms with E-state index in [4.69, 9.17) is 9.47 Å². The van der Waals surface area contributed by atoms with E-state index >= 15 is 0 Å². The molecular weight excluding hydrogens is 416 g/mol. The molecule has 0 heterocycles. The molecule has 8 heteroatoms. The van der Waals surface area contributed by atoms with Crippen molar-refractivity contribution in [2.45, 2.75) is 26.1 Å². The van der Waals surface area contributed by atoms with Gasteiger partial charge in [-0.2, -0.15) is 0 Å². The second kappa shape index (κ2) is 12.4. The highest BCUT2D eigenvalue weighted by molar-refractivity contribution is 5.90. The summed E-state index contributed by atoms with van der Waals surface area (Å²) in [4.78, 5) is 46.0. The van der Waals surface area contributed by atoms with E-state index in [-0.39, 0.29) is 11.1 Å². The molecule has 0 saturated heterocycles. The molecule has 166 valence electrons. The number of esters is 4. The molecule has 0 fully saturated rings. The van der Waals surface area contributed by atoms with Crippen LogP contribution in [-0.4, -0.2) is 50.3 Å². The predicted molar refractivity (Wildman–Crippen MR) is 114 cm³/mol. The second-order valence-electron chi connectivity index (χ2n) is 6.13. The number of carbonyl (C=O) groups excluding carboxylic acids is 4. The van der Waals surface area contributed by atoms with E-state index in [0.29, 0.717) is 11.1 Å². The maximum Gasteiger partial charge on any atom is 0.337 e. The van der Waals surface area contributed by atoms with Gasteiger partial charge < -0.3 is 18.9 Å². The Labute approximate surface area is 186 Å². The highest BCUT2D eigenvalue weighted by Crippen LogP contribution is 2.10. The normalized spacial score (nSPS) is 11.1. The van der Waals surface area contributed by atoms with E-state index in [9.17, 15) is 19.2 Å². The Morgan fingerprint density at radius 3 is 1.47 bits per heavy atom. The van der Waals surface area contributed by atoms with Crippen molar-refractivity contribution in [2.24, 2.45) is 0 Å². The van der Waals surface area contributed by atoms with Crippen LogP contribution in [0.3, 0.4) is 0 Å². The Morgan fingerprint density at radius 2 is 1.16 bits per heavy atom. The summed E-state index contributed by atoms with van der Waals surface area (Å²) in [6, 6.07) is 6.61. The second-order valence-corrected chi connectivity index (χ2v) is 6.13. The molecule has 1 rings (SSSR count). The lowest BCUT2D eigenvalue weighted by Gasteiger charge is -2.12. The SMILES string of the molecule is C=C(C(=O)OC)C(C#Cc1cccc(C#CC(OC(C)=O)C(=C)C(=O)OC)c1)OC(C)=O. The lowest BCUT2D eigenvalue weighted by Crippen LogP contribution is -2.22. The summed E-state index contributed by atoms with van der Waals surface area (Å²) in [6.45, 7) is 9.47. The van der Waals surface area contributed by atoms with Crippen LogP contribution in [0.15, 0.2) is 48.6 Å². The zero-order valence-electron chi connectivity index (χ0n) is 18.1. The lowest BCUT2D eigenvalue weighted by atomic mass is 10.1. The van der Waals surface area contributed by atoms with Crippen molar-refractivity contribution < 1.29 is 38.1 Å². The monoisotopic (exact) mass is 438 g/mol. The number of hydrogen-bond donors (Lipinski definition) is 0. The Balaban J connectivity index is 3.19. The Bertz CT molecular complexity index is 977. The topological polar surface area (TPSA) is 105 Å². The fraction of sp³-hybridized carbons (Fsp3) is 0.250. The summed E-state index contributed by atoms with van der Waals surface area (Å²) in [6.07, 6.45) is -2.38. The molecule has 2 unspecified atom stereocenters. The summed E-state index contributed by atoms with van der Waals surface area (Å²) in [7, 11) is 2.34. The van der Waals surface area contributed by atoms with E-state index in [0.717, 1.165) is 0 Å². The van der Waals surface area contributed by atoms with Gasteiger partial charge in [0.25, 0.3) is 0 Å². The van der Waals surface area contributed by atoms with Gasteiger partial charge in [-0.15, -0.1) is 0 Å². The first-order valence-corrected chi connectivity index (χ1v) is 9.10. The third kappa shape index (κ3) is 8.21. The molecule has 0 saturated carbocycles. The van der Waals surface area contributed by atoms with Gasteiger partial charge in [-0.1, -0.05) is 31.1 Å². The van der Waals surface area contributed by atoms with Crippen LogP contribution in [0.5, 0.6) is 0 Å². The molecule has 0 bridgehead atoms. The number of rotatable bonds is 6. The van der Waals surface area contributed by atoms with Crippen LogP contribution in [-0.2, 0) is 38.1 Å². The van der Waals surface area contributed by atoms with Crippen molar-refractivity contribution >= 4 is 23.9 Å². The molecule has 0 aromatic heterocycles. The van der Waals surface area contributed by atoms with Crippen LogP contribution in [0.25, 0.3) is 0 Å². The van der Waals surface area contributed by atoms with Crippen molar-refractivity contribution in [1.82, 2.24) is 0 Å². The van der Waals surface area contributed by atoms with Gasteiger partial charge in [0.2, 0.25) is 0 Å². The zero-order chi connectivity index (χ0) is 24.3.